The van der Waals surface area contributed by atoms with Gasteiger partial charge in [-0.15, -0.1) is 0 Å². The molecule has 0 amide bonds. The lowest BCUT2D eigenvalue weighted by Gasteiger charge is -2.28. The molecule has 0 spiro atoms. The second-order valence-electron chi connectivity index (χ2n) is 4.97. The zero-order chi connectivity index (χ0) is 15.1. The van der Waals surface area contributed by atoms with Crippen LogP contribution in [0.25, 0.3) is 0 Å². The summed E-state index contributed by atoms with van der Waals surface area (Å²) in [7, 11) is 0. The van der Waals surface area contributed by atoms with Gasteiger partial charge in [0.25, 0.3) is 0 Å². The Balaban J connectivity index is 2.45. The summed E-state index contributed by atoms with van der Waals surface area (Å²) in [6.45, 7) is 2.75. The van der Waals surface area contributed by atoms with Crippen LogP contribution in [-0.2, 0) is 0 Å². The van der Waals surface area contributed by atoms with Crippen LogP contribution >= 0.6 is 0 Å². The van der Waals surface area contributed by atoms with Gasteiger partial charge in [0.1, 0.15) is 0 Å². The van der Waals surface area contributed by atoms with Gasteiger partial charge in [-0.3, -0.25) is 0 Å². The summed E-state index contributed by atoms with van der Waals surface area (Å²) in [4.78, 5) is 2.17. The van der Waals surface area contributed by atoms with Crippen molar-refractivity contribution in [1.29, 1.82) is 5.26 Å². The molecule has 2 aromatic rings. The fourth-order valence-electron chi connectivity index (χ4n) is 2.43. The largest absolute Gasteiger partial charge is 0.340 e. The van der Waals surface area contributed by atoms with Gasteiger partial charge in [-0.1, -0.05) is 43.3 Å². The van der Waals surface area contributed by atoms with Gasteiger partial charge in [0.2, 0.25) is 0 Å². The molecule has 1 atom stereocenters. The van der Waals surface area contributed by atoms with Crippen molar-refractivity contribution in [3.63, 3.8) is 0 Å². The van der Waals surface area contributed by atoms with E-state index in [1.807, 2.05) is 30.3 Å². The highest BCUT2D eigenvalue weighted by atomic mass is 15.1. The lowest BCUT2D eigenvalue weighted by atomic mass is 10.0. The van der Waals surface area contributed by atoms with Gasteiger partial charge < -0.3 is 10.6 Å². The molecule has 21 heavy (non-hydrogen) atoms. The first kappa shape index (κ1) is 15.1. The molecule has 2 N–H and O–H groups in total. The Bertz CT molecular complexity index is 601. The van der Waals surface area contributed by atoms with Crippen LogP contribution in [0.4, 0.5) is 11.4 Å². The van der Waals surface area contributed by atoms with Crippen molar-refractivity contribution in [1.82, 2.24) is 0 Å². The van der Waals surface area contributed by atoms with Gasteiger partial charge in [0.15, 0.2) is 0 Å². The number of hydrogen-bond donors (Lipinski definition) is 1. The second-order valence-corrected chi connectivity index (χ2v) is 4.97. The van der Waals surface area contributed by atoms with E-state index in [4.69, 9.17) is 11.0 Å². The number of nitrogens with two attached hydrogens (primary N) is 1. The molecule has 2 rings (SSSR count). The molecular formula is C18H21N3. The molecule has 3 nitrogen and oxygen atoms in total. The van der Waals surface area contributed by atoms with Crippen LogP contribution in [0.15, 0.2) is 54.6 Å². The topological polar surface area (TPSA) is 53.0 Å². The normalized spacial score (nSPS) is 11.7. The first-order valence-electron chi connectivity index (χ1n) is 7.32. The van der Waals surface area contributed by atoms with Crippen molar-refractivity contribution in [2.75, 3.05) is 11.4 Å². The van der Waals surface area contributed by atoms with Gasteiger partial charge in [-0.05, 0) is 30.2 Å². The summed E-state index contributed by atoms with van der Waals surface area (Å²) in [5.74, 6) is 0. The van der Waals surface area contributed by atoms with Gasteiger partial charge in [-0.25, -0.2) is 0 Å². The molecule has 2 aromatic carbocycles. The fraction of sp³-hybridized carbons (Fsp3) is 0.278. The monoisotopic (exact) mass is 279 g/mol. The summed E-state index contributed by atoms with van der Waals surface area (Å²) < 4.78 is 0. The Morgan fingerprint density at radius 2 is 1.76 bits per heavy atom. The summed E-state index contributed by atoms with van der Waals surface area (Å²) in [6, 6.07) is 20.6. The molecule has 0 bridgehead atoms. The van der Waals surface area contributed by atoms with Gasteiger partial charge >= 0.3 is 0 Å². The average molecular weight is 279 g/mol. The van der Waals surface area contributed by atoms with Crippen molar-refractivity contribution in [2.24, 2.45) is 5.73 Å². The average Bonchev–Trinajstić information content (AvgIpc) is 2.56. The summed E-state index contributed by atoms with van der Waals surface area (Å²) in [5.41, 5.74) is 9.55. The van der Waals surface area contributed by atoms with Crippen molar-refractivity contribution in [3.8, 4) is 6.07 Å². The third-order valence-electron chi connectivity index (χ3n) is 3.58. The Morgan fingerprint density at radius 1 is 1.10 bits per heavy atom. The van der Waals surface area contributed by atoms with Crippen molar-refractivity contribution in [3.05, 3.63) is 60.2 Å². The third-order valence-corrected chi connectivity index (χ3v) is 3.58. The van der Waals surface area contributed by atoms with E-state index >= 15 is 0 Å². The molecule has 0 saturated carbocycles. The molecular weight excluding hydrogens is 258 g/mol. The Morgan fingerprint density at radius 3 is 2.43 bits per heavy atom. The molecule has 0 saturated heterocycles. The van der Waals surface area contributed by atoms with E-state index < -0.39 is 0 Å². The summed E-state index contributed by atoms with van der Waals surface area (Å²) in [5, 5.41) is 8.93. The molecule has 1 unspecified atom stereocenters. The van der Waals surface area contributed by atoms with Gasteiger partial charge in [-0.2, -0.15) is 5.26 Å². The number of nitrogens with zero attached hydrogens (tertiary/aromatic N) is 2. The van der Waals surface area contributed by atoms with Crippen LogP contribution in [0.2, 0.25) is 0 Å². The molecule has 0 fully saturated rings. The summed E-state index contributed by atoms with van der Waals surface area (Å²) >= 11 is 0. The number of para-hydroxylation sites is 2. The smallest absolute Gasteiger partial charge is 0.0640 e. The maximum absolute atomic E-state index is 8.93. The third kappa shape index (κ3) is 3.62. The number of hydrogen-bond acceptors (Lipinski definition) is 3. The van der Waals surface area contributed by atoms with Crippen LogP contribution in [0, 0.1) is 11.3 Å². The van der Waals surface area contributed by atoms with E-state index in [2.05, 4.69) is 42.2 Å². The zero-order valence-electron chi connectivity index (χ0n) is 12.4. The van der Waals surface area contributed by atoms with E-state index in [9.17, 15) is 0 Å². The zero-order valence-corrected chi connectivity index (χ0v) is 12.4. The van der Waals surface area contributed by atoms with E-state index in [0.717, 1.165) is 23.4 Å². The molecule has 0 aliphatic rings. The Kier molecular flexibility index (Phi) is 5.36. The maximum Gasteiger partial charge on any atom is 0.0640 e. The predicted molar refractivity (Wildman–Crippen MR) is 87.3 cm³/mol. The van der Waals surface area contributed by atoms with Crippen LogP contribution in [-0.4, -0.2) is 6.54 Å². The first-order valence-corrected chi connectivity index (χ1v) is 7.32. The maximum atomic E-state index is 8.93. The SMILES string of the molecule is CCC(N)c1ccccc1N(CCC#N)c1ccccc1. The Labute approximate surface area is 126 Å². The lowest BCUT2D eigenvalue weighted by molar-refractivity contribution is 0.696. The Hall–Kier alpha value is -2.31. The number of rotatable bonds is 6. The second kappa shape index (κ2) is 7.47. The van der Waals surface area contributed by atoms with Crippen molar-refractivity contribution < 1.29 is 0 Å². The molecule has 3 heteroatoms. The molecule has 0 heterocycles. The predicted octanol–water partition coefficient (Wildman–Crippen LogP) is 4.15. The van der Waals surface area contributed by atoms with Gasteiger partial charge in [0.05, 0.1) is 12.5 Å². The van der Waals surface area contributed by atoms with Crippen LogP contribution in [0.5, 0.6) is 0 Å². The van der Waals surface area contributed by atoms with E-state index in [1.165, 1.54) is 0 Å². The number of anilines is 2. The van der Waals surface area contributed by atoms with Crippen LogP contribution < -0.4 is 10.6 Å². The summed E-state index contributed by atoms with van der Waals surface area (Å²) in [6.07, 6.45) is 1.36. The van der Waals surface area contributed by atoms with E-state index in [1.54, 1.807) is 0 Å². The van der Waals surface area contributed by atoms with E-state index in [-0.39, 0.29) is 6.04 Å². The molecule has 0 aliphatic heterocycles. The van der Waals surface area contributed by atoms with Gasteiger partial charge in [0, 0.05) is 24.0 Å². The highest BCUT2D eigenvalue weighted by Gasteiger charge is 2.15. The highest BCUT2D eigenvalue weighted by Crippen LogP contribution is 2.32. The number of benzene rings is 2. The standard InChI is InChI=1S/C18H21N3/c1-2-17(20)16-11-6-7-12-18(16)21(14-8-13-19)15-9-4-3-5-10-15/h3-7,9-12,17H,2,8,14,20H2,1H3. The molecule has 108 valence electrons. The molecule has 0 radical (unpaired) electrons. The first-order chi connectivity index (χ1) is 10.3. The van der Waals surface area contributed by atoms with Crippen LogP contribution in [0.1, 0.15) is 31.4 Å². The van der Waals surface area contributed by atoms with Crippen LogP contribution in [0.3, 0.4) is 0 Å². The molecule has 0 aromatic heterocycles. The van der Waals surface area contributed by atoms with Crippen molar-refractivity contribution >= 4 is 11.4 Å². The fourth-order valence-corrected chi connectivity index (χ4v) is 2.43. The van der Waals surface area contributed by atoms with Crippen molar-refractivity contribution in [2.45, 2.75) is 25.8 Å². The number of nitriles is 1. The quantitative estimate of drug-likeness (QED) is 0.864. The minimum atomic E-state index is 0.00879. The lowest BCUT2D eigenvalue weighted by Crippen LogP contribution is -2.22. The molecule has 0 aliphatic carbocycles. The minimum absolute atomic E-state index is 0.00879. The highest BCUT2D eigenvalue weighted by molar-refractivity contribution is 5.67. The minimum Gasteiger partial charge on any atom is -0.340 e. The van der Waals surface area contributed by atoms with E-state index in [0.29, 0.717) is 13.0 Å².